The number of nitrogens with one attached hydrogen (secondary N) is 1. The van der Waals surface area contributed by atoms with E-state index in [2.05, 4.69) is 5.32 Å². The molecule has 0 saturated carbocycles. The molecule has 0 spiro atoms. The van der Waals surface area contributed by atoms with Crippen molar-refractivity contribution in [3.05, 3.63) is 58.1 Å². The van der Waals surface area contributed by atoms with Crippen molar-refractivity contribution in [2.75, 3.05) is 23.8 Å². The zero-order valence-electron chi connectivity index (χ0n) is 17.3. The number of hydrogen-bond donors (Lipinski definition) is 1. The summed E-state index contributed by atoms with van der Waals surface area (Å²) in [5.41, 5.74) is 0.515. The van der Waals surface area contributed by atoms with E-state index in [0.29, 0.717) is 24.7 Å². The van der Waals surface area contributed by atoms with Crippen molar-refractivity contribution < 1.29 is 27.6 Å². The first kappa shape index (κ1) is 22.3. The van der Waals surface area contributed by atoms with Crippen LogP contribution < -0.4 is 19.1 Å². The van der Waals surface area contributed by atoms with E-state index in [9.17, 15) is 23.3 Å². The fourth-order valence-electron chi connectivity index (χ4n) is 3.30. The number of rotatable bonds is 7. The molecular weight excluding hydrogens is 426 g/mol. The van der Waals surface area contributed by atoms with Crippen molar-refractivity contribution in [2.24, 2.45) is 0 Å². The molecule has 0 aliphatic carbocycles. The number of ether oxygens (including phenoxy) is 2. The number of sulfonamides is 1. The lowest BCUT2D eigenvalue weighted by Gasteiger charge is -2.29. The maximum atomic E-state index is 12.9. The van der Waals surface area contributed by atoms with Crippen LogP contribution in [0, 0.1) is 10.1 Å². The summed E-state index contributed by atoms with van der Waals surface area (Å²) >= 11 is 0. The van der Waals surface area contributed by atoms with Gasteiger partial charge in [0.15, 0.2) is 11.5 Å². The third-order valence-electron chi connectivity index (χ3n) is 4.81. The Hall–Kier alpha value is -3.34. The smallest absolute Gasteiger partial charge is 0.271 e. The summed E-state index contributed by atoms with van der Waals surface area (Å²) < 4.78 is 36.8. The van der Waals surface area contributed by atoms with Gasteiger partial charge in [0, 0.05) is 12.1 Å². The number of hydrogen-bond acceptors (Lipinski definition) is 7. The van der Waals surface area contributed by atoms with Crippen LogP contribution in [0.4, 0.5) is 11.4 Å². The molecule has 2 aromatic rings. The number of nitro groups is 1. The van der Waals surface area contributed by atoms with Crippen molar-refractivity contribution in [3.63, 3.8) is 0 Å². The minimum atomic E-state index is -3.90. The first-order valence-corrected chi connectivity index (χ1v) is 11.4. The molecule has 31 heavy (non-hydrogen) atoms. The summed E-state index contributed by atoms with van der Waals surface area (Å²) in [6.07, 6.45) is 0.944. The molecule has 0 saturated heterocycles. The number of anilines is 1. The van der Waals surface area contributed by atoms with E-state index in [1.807, 2.05) is 0 Å². The number of amides is 1. The average Bonchev–Trinajstić information content (AvgIpc) is 2.72. The van der Waals surface area contributed by atoms with Gasteiger partial charge in [-0.3, -0.25) is 19.2 Å². The molecule has 1 aliphatic rings. The molecule has 2 atom stereocenters. The summed E-state index contributed by atoms with van der Waals surface area (Å²) in [5, 5.41) is 13.9. The number of fused-ring (bicyclic) bond motifs is 1. The van der Waals surface area contributed by atoms with Gasteiger partial charge < -0.3 is 14.8 Å². The maximum absolute atomic E-state index is 12.9. The predicted molar refractivity (Wildman–Crippen MR) is 114 cm³/mol. The van der Waals surface area contributed by atoms with E-state index < -0.39 is 32.9 Å². The van der Waals surface area contributed by atoms with Crippen LogP contribution in [0.25, 0.3) is 0 Å². The maximum Gasteiger partial charge on any atom is 0.271 e. The van der Waals surface area contributed by atoms with Gasteiger partial charge in [-0.2, -0.15) is 0 Å². The summed E-state index contributed by atoms with van der Waals surface area (Å²) in [5.74, 6) is 0.641. The van der Waals surface area contributed by atoms with E-state index in [1.54, 1.807) is 25.1 Å². The second-order valence-corrected chi connectivity index (χ2v) is 9.00. The molecule has 1 amide bonds. The molecule has 2 aromatic carbocycles. The Morgan fingerprint density at radius 2 is 1.81 bits per heavy atom. The summed E-state index contributed by atoms with van der Waals surface area (Å²) in [7, 11) is -3.90. The fraction of sp³-hybridized carbons (Fsp3) is 0.350. The molecule has 1 aliphatic heterocycles. The van der Waals surface area contributed by atoms with Gasteiger partial charge in [0.25, 0.3) is 5.69 Å². The van der Waals surface area contributed by atoms with Crippen LogP contribution >= 0.6 is 0 Å². The van der Waals surface area contributed by atoms with Crippen molar-refractivity contribution in [2.45, 2.75) is 25.9 Å². The summed E-state index contributed by atoms with van der Waals surface area (Å²) in [4.78, 5) is 23.3. The zero-order valence-corrected chi connectivity index (χ0v) is 18.1. The van der Waals surface area contributed by atoms with Gasteiger partial charge >= 0.3 is 0 Å². The van der Waals surface area contributed by atoms with Gasteiger partial charge in [0.05, 0.1) is 22.9 Å². The number of carbonyl (C=O) groups excluding carboxylic acids is 1. The highest BCUT2D eigenvalue weighted by Gasteiger charge is 2.31. The molecule has 1 heterocycles. The molecule has 1 N–H and O–H groups in total. The van der Waals surface area contributed by atoms with Crippen molar-refractivity contribution in [1.82, 2.24) is 5.32 Å². The molecule has 11 heteroatoms. The van der Waals surface area contributed by atoms with Crippen LogP contribution in [0.5, 0.6) is 11.5 Å². The first-order valence-electron chi connectivity index (χ1n) is 9.51. The summed E-state index contributed by atoms with van der Waals surface area (Å²) in [6, 6.07) is 8.86. The normalized spacial score (nSPS) is 14.9. The van der Waals surface area contributed by atoms with Crippen LogP contribution in [-0.2, 0) is 14.8 Å². The number of nitro benzene ring substituents is 1. The number of non-ortho nitro benzene ring substituents is 1. The molecule has 0 fully saturated rings. The highest BCUT2D eigenvalue weighted by molar-refractivity contribution is 7.92. The largest absolute Gasteiger partial charge is 0.486 e. The molecule has 0 unspecified atom stereocenters. The minimum Gasteiger partial charge on any atom is -0.486 e. The van der Waals surface area contributed by atoms with Gasteiger partial charge in [0.1, 0.15) is 19.3 Å². The van der Waals surface area contributed by atoms with Gasteiger partial charge in [-0.15, -0.1) is 0 Å². The van der Waals surface area contributed by atoms with E-state index in [0.717, 1.165) is 22.2 Å². The number of nitrogens with zero attached hydrogens (tertiary/aromatic N) is 2. The number of carbonyl (C=O) groups is 1. The third-order valence-corrected chi connectivity index (χ3v) is 6.05. The lowest BCUT2D eigenvalue weighted by Crippen LogP contribution is -2.48. The fourth-order valence-corrected chi connectivity index (χ4v) is 4.47. The van der Waals surface area contributed by atoms with Gasteiger partial charge in [-0.05, 0) is 37.6 Å². The van der Waals surface area contributed by atoms with Gasteiger partial charge in [-0.1, -0.05) is 12.1 Å². The third kappa shape index (κ3) is 5.05. The lowest BCUT2D eigenvalue weighted by atomic mass is 10.1. The van der Waals surface area contributed by atoms with Crippen LogP contribution in [0.3, 0.4) is 0 Å². The topological polar surface area (TPSA) is 128 Å². The van der Waals surface area contributed by atoms with Crippen molar-refractivity contribution in [1.29, 1.82) is 0 Å². The van der Waals surface area contributed by atoms with Gasteiger partial charge in [-0.25, -0.2) is 8.42 Å². The molecule has 10 nitrogen and oxygen atoms in total. The van der Waals surface area contributed by atoms with Crippen LogP contribution in [-0.4, -0.2) is 44.8 Å². The quantitative estimate of drug-likeness (QED) is 0.508. The average molecular weight is 449 g/mol. The molecule has 0 radical (unpaired) electrons. The Balaban J connectivity index is 1.82. The lowest BCUT2D eigenvalue weighted by molar-refractivity contribution is -0.384. The second-order valence-electron chi connectivity index (χ2n) is 7.15. The van der Waals surface area contributed by atoms with Gasteiger partial charge in [0.2, 0.25) is 15.9 Å². The molecule has 0 aromatic heterocycles. The van der Waals surface area contributed by atoms with Crippen LogP contribution in [0.2, 0.25) is 0 Å². The summed E-state index contributed by atoms with van der Waals surface area (Å²) in [6.45, 7) is 4.08. The Morgan fingerprint density at radius 3 is 2.45 bits per heavy atom. The number of benzene rings is 2. The van der Waals surface area contributed by atoms with E-state index in [1.165, 1.54) is 25.1 Å². The second kappa shape index (κ2) is 8.80. The Morgan fingerprint density at radius 1 is 1.13 bits per heavy atom. The Labute approximate surface area is 180 Å². The molecule has 3 rings (SSSR count). The van der Waals surface area contributed by atoms with E-state index in [-0.39, 0.29) is 11.4 Å². The highest BCUT2D eigenvalue weighted by Crippen LogP contribution is 2.33. The van der Waals surface area contributed by atoms with Crippen molar-refractivity contribution in [3.8, 4) is 11.5 Å². The van der Waals surface area contributed by atoms with E-state index in [4.69, 9.17) is 9.47 Å². The molecule has 0 bridgehead atoms. The van der Waals surface area contributed by atoms with Crippen molar-refractivity contribution >= 4 is 27.3 Å². The first-order chi connectivity index (χ1) is 14.6. The molecular formula is C20H23N3O7S. The zero-order chi connectivity index (χ0) is 22.8. The SMILES string of the molecule is C[C@H](NC(=O)[C@H](C)N(c1cccc([N+](=O)[O-])c1)S(C)(=O)=O)c1ccc2c(c1)OCCO2. The van der Waals surface area contributed by atoms with E-state index >= 15 is 0 Å². The standard InChI is InChI=1S/C20H23N3O7S/c1-13(15-7-8-18-19(11-15)30-10-9-29-18)21-20(24)14(2)22(31(3,27)28)16-5-4-6-17(12-16)23(25)26/h4-8,11-14H,9-10H2,1-3H3,(H,21,24)/t13-,14-/m0/s1. The minimum absolute atomic E-state index is 0.0336. The highest BCUT2D eigenvalue weighted by atomic mass is 32.2. The van der Waals surface area contributed by atoms with Crippen LogP contribution in [0.1, 0.15) is 25.5 Å². The monoisotopic (exact) mass is 449 g/mol. The molecule has 166 valence electrons. The Bertz CT molecular complexity index is 1100. The predicted octanol–water partition coefficient (Wildman–Crippen LogP) is 2.40. The van der Waals surface area contributed by atoms with Crippen LogP contribution in [0.15, 0.2) is 42.5 Å². The Kier molecular flexibility index (Phi) is 6.34.